The molecule has 0 fully saturated rings. The fourth-order valence-corrected chi connectivity index (χ4v) is 2.52. The van der Waals surface area contributed by atoms with Gasteiger partial charge in [-0.1, -0.05) is 18.2 Å². The number of halogens is 1. The van der Waals surface area contributed by atoms with E-state index in [1.165, 1.54) is 18.2 Å². The zero-order valence-electron chi connectivity index (χ0n) is 12.8. The van der Waals surface area contributed by atoms with Crippen LogP contribution in [0.3, 0.4) is 0 Å². The number of aryl methyl sites for hydroxylation is 2. The highest BCUT2D eigenvalue weighted by Crippen LogP contribution is 2.29. The molecule has 0 saturated carbocycles. The molecule has 22 heavy (non-hydrogen) atoms. The third-order valence-corrected chi connectivity index (χ3v) is 3.99. The monoisotopic (exact) mass is 363 g/mol. The minimum atomic E-state index is -0.500. The average Bonchev–Trinajstić information content (AvgIpc) is 2.50. The molecular weight excluding hydrogens is 346 g/mol. The predicted octanol–water partition coefficient (Wildman–Crippen LogP) is 4.82. The number of carbonyl (C=O) groups is 1. The molecule has 116 valence electrons. The lowest BCUT2D eigenvalue weighted by Gasteiger charge is -2.13. The Balaban J connectivity index is 2.15. The molecule has 0 spiro atoms. The van der Waals surface area contributed by atoms with E-state index in [2.05, 4.69) is 32.9 Å². The molecule has 0 aliphatic carbocycles. The lowest BCUT2D eigenvalue weighted by molar-refractivity contribution is 0.187. The summed E-state index contributed by atoms with van der Waals surface area (Å²) in [6.45, 7) is 4.45. The summed E-state index contributed by atoms with van der Waals surface area (Å²) < 4.78 is 11.4. The second-order valence-corrected chi connectivity index (χ2v) is 5.78. The molecule has 1 N–H and O–H groups in total. The van der Waals surface area contributed by atoms with Gasteiger partial charge in [0.25, 0.3) is 0 Å². The van der Waals surface area contributed by atoms with Gasteiger partial charge in [0.15, 0.2) is 0 Å². The van der Waals surface area contributed by atoms with Crippen molar-refractivity contribution in [3.05, 3.63) is 57.6 Å². The molecule has 2 aromatic carbocycles. The van der Waals surface area contributed by atoms with E-state index in [0.29, 0.717) is 12.3 Å². The van der Waals surface area contributed by atoms with Crippen molar-refractivity contribution in [2.75, 3.05) is 12.4 Å². The lowest BCUT2D eigenvalue weighted by Crippen LogP contribution is -2.13. The van der Waals surface area contributed by atoms with E-state index in [1.807, 2.05) is 43.3 Å². The molecule has 4 nitrogen and oxygen atoms in total. The molecular formula is C17H18BrNO3. The average molecular weight is 364 g/mol. The van der Waals surface area contributed by atoms with Crippen LogP contribution in [-0.2, 0) is 11.3 Å². The van der Waals surface area contributed by atoms with E-state index in [1.54, 1.807) is 0 Å². The maximum Gasteiger partial charge on any atom is 0.411 e. The fourth-order valence-electron chi connectivity index (χ4n) is 1.95. The van der Waals surface area contributed by atoms with Crippen LogP contribution in [0.1, 0.15) is 16.7 Å². The van der Waals surface area contributed by atoms with Crippen LogP contribution in [-0.4, -0.2) is 13.2 Å². The Hall–Kier alpha value is -2.01. The third kappa shape index (κ3) is 4.01. The number of para-hydroxylation sites is 1. The summed E-state index contributed by atoms with van der Waals surface area (Å²) in [6.07, 6.45) is -0.500. The highest BCUT2D eigenvalue weighted by atomic mass is 79.9. The number of carbonyl (C=O) groups excluding carboxylic acids is 1. The van der Waals surface area contributed by atoms with E-state index in [4.69, 9.17) is 4.74 Å². The Labute approximate surface area is 138 Å². The van der Waals surface area contributed by atoms with Crippen LogP contribution in [0.15, 0.2) is 40.9 Å². The Kier molecular flexibility index (Phi) is 5.44. The van der Waals surface area contributed by atoms with E-state index >= 15 is 0 Å². The number of hydrogen-bond donors (Lipinski definition) is 1. The normalized spacial score (nSPS) is 10.2. The van der Waals surface area contributed by atoms with E-state index in [0.717, 1.165) is 15.8 Å². The number of amides is 1. The summed E-state index contributed by atoms with van der Waals surface area (Å²) in [5.74, 6) is 0.774. The summed E-state index contributed by atoms with van der Waals surface area (Å²) >= 11 is 3.51. The number of methoxy groups -OCH3 is 1. The largest absolute Gasteiger partial charge is 0.488 e. The van der Waals surface area contributed by atoms with Crippen molar-refractivity contribution in [2.24, 2.45) is 0 Å². The molecule has 5 heteroatoms. The fraction of sp³-hybridized carbons (Fsp3) is 0.235. The first-order valence-electron chi connectivity index (χ1n) is 6.83. The number of anilines is 1. The summed E-state index contributed by atoms with van der Waals surface area (Å²) in [5.41, 5.74) is 3.92. The molecule has 0 bridgehead atoms. The van der Waals surface area contributed by atoms with Crippen molar-refractivity contribution in [2.45, 2.75) is 20.5 Å². The van der Waals surface area contributed by atoms with Gasteiger partial charge in [-0.3, -0.25) is 5.32 Å². The minimum absolute atomic E-state index is 0.348. The van der Waals surface area contributed by atoms with Crippen LogP contribution < -0.4 is 10.1 Å². The highest BCUT2D eigenvalue weighted by molar-refractivity contribution is 9.10. The topological polar surface area (TPSA) is 47.6 Å². The van der Waals surface area contributed by atoms with Gasteiger partial charge in [-0.15, -0.1) is 0 Å². The van der Waals surface area contributed by atoms with Crippen LogP contribution in [0.4, 0.5) is 10.5 Å². The van der Waals surface area contributed by atoms with E-state index < -0.39 is 6.09 Å². The Morgan fingerprint density at radius 1 is 1.18 bits per heavy atom. The van der Waals surface area contributed by atoms with Gasteiger partial charge in [0.2, 0.25) is 0 Å². The van der Waals surface area contributed by atoms with E-state index in [9.17, 15) is 4.79 Å². The number of benzene rings is 2. The zero-order chi connectivity index (χ0) is 16.1. The molecule has 0 radical (unpaired) electrons. The molecule has 1 amide bonds. The molecule has 2 aromatic rings. The van der Waals surface area contributed by atoms with Crippen LogP contribution in [0.5, 0.6) is 5.75 Å². The quantitative estimate of drug-likeness (QED) is 0.846. The lowest BCUT2D eigenvalue weighted by atomic mass is 10.1. The van der Waals surface area contributed by atoms with Crippen molar-refractivity contribution in [3.63, 3.8) is 0 Å². The molecule has 0 aliphatic rings. The third-order valence-electron chi connectivity index (χ3n) is 3.37. The SMILES string of the molecule is COC(=O)Nc1ccccc1COc1cc(C)c(C)cc1Br. The molecule has 0 saturated heterocycles. The van der Waals surface area contributed by atoms with Gasteiger partial charge in [-0.2, -0.15) is 0 Å². The van der Waals surface area contributed by atoms with Crippen LogP contribution >= 0.6 is 15.9 Å². The standard InChI is InChI=1S/C17H18BrNO3/c1-11-8-14(18)16(9-12(11)2)22-10-13-6-4-5-7-15(13)19-17(20)21-3/h4-9H,10H2,1-3H3,(H,19,20). The second kappa shape index (κ2) is 7.31. The van der Waals surface area contributed by atoms with Crippen LogP contribution in [0.2, 0.25) is 0 Å². The Morgan fingerprint density at radius 3 is 2.59 bits per heavy atom. The van der Waals surface area contributed by atoms with Crippen LogP contribution in [0.25, 0.3) is 0 Å². The summed E-state index contributed by atoms with van der Waals surface area (Å²) in [5, 5.41) is 2.68. The maximum atomic E-state index is 11.4. The number of ether oxygens (including phenoxy) is 2. The van der Waals surface area contributed by atoms with Gasteiger partial charge in [-0.05, 0) is 59.1 Å². The molecule has 2 rings (SSSR count). The first-order chi connectivity index (χ1) is 10.5. The number of hydrogen-bond acceptors (Lipinski definition) is 3. The second-order valence-electron chi connectivity index (χ2n) is 4.93. The molecule has 0 aromatic heterocycles. The maximum absolute atomic E-state index is 11.4. The first-order valence-corrected chi connectivity index (χ1v) is 7.63. The Morgan fingerprint density at radius 2 is 1.86 bits per heavy atom. The molecule has 0 heterocycles. The van der Waals surface area contributed by atoms with Gasteiger partial charge < -0.3 is 9.47 Å². The highest BCUT2D eigenvalue weighted by Gasteiger charge is 2.09. The first kappa shape index (κ1) is 16.4. The van der Waals surface area contributed by atoms with Gasteiger partial charge in [-0.25, -0.2) is 4.79 Å². The summed E-state index contributed by atoms with van der Waals surface area (Å²) in [7, 11) is 1.33. The van der Waals surface area contributed by atoms with Crippen LogP contribution in [0, 0.1) is 13.8 Å². The molecule has 0 atom stereocenters. The molecule has 0 unspecified atom stereocenters. The van der Waals surface area contributed by atoms with Crippen molar-refractivity contribution >= 4 is 27.7 Å². The zero-order valence-corrected chi connectivity index (χ0v) is 14.4. The van der Waals surface area contributed by atoms with Gasteiger partial charge in [0, 0.05) is 5.56 Å². The Bertz CT molecular complexity index is 686. The van der Waals surface area contributed by atoms with Gasteiger partial charge in [0.05, 0.1) is 17.3 Å². The smallest absolute Gasteiger partial charge is 0.411 e. The summed E-state index contributed by atoms with van der Waals surface area (Å²) in [6, 6.07) is 11.5. The summed E-state index contributed by atoms with van der Waals surface area (Å²) in [4.78, 5) is 11.4. The minimum Gasteiger partial charge on any atom is -0.488 e. The number of rotatable bonds is 4. The van der Waals surface area contributed by atoms with Crippen molar-refractivity contribution in [3.8, 4) is 5.75 Å². The van der Waals surface area contributed by atoms with E-state index in [-0.39, 0.29) is 0 Å². The van der Waals surface area contributed by atoms with Gasteiger partial charge in [0.1, 0.15) is 12.4 Å². The predicted molar refractivity (Wildman–Crippen MR) is 90.4 cm³/mol. The molecule has 0 aliphatic heterocycles. The van der Waals surface area contributed by atoms with Crippen molar-refractivity contribution < 1.29 is 14.3 Å². The number of nitrogens with one attached hydrogen (secondary N) is 1. The van der Waals surface area contributed by atoms with Gasteiger partial charge >= 0.3 is 6.09 Å². The van der Waals surface area contributed by atoms with Crippen molar-refractivity contribution in [1.29, 1.82) is 0 Å². The van der Waals surface area contributed by atoms with Crippen molar-refractivity contribution in [1.82, 2.24) is 0 Å².